The van der Waals surface area contributed by atoms with Crippen molar-refractivity contribution in [1.29, 1.82) is 0 Å². The van der Waals surface area contributed by atoms with Crippen molar-refractivity contribution in [3.63, 3.8) is 0 Å². The van der Waals surface area contributed by atoms with Gasteiger partial charge in [-0.1, -0.05) is 6.07 Å². The molecule has 0 aliphatic heterocycles. The second kappa shape index (κ2) is 10.1. The van der Waals surface area contributed by atoms with Crippen LogP contribution in [0.15, 0.2) is 63.5 Å². The smallest absolute Gasteiger partial charge is 0.255 e. The second-order valence-corrected chi connectivity index (χ2v) is 12.3. The highest BCUT2D eigenvalue weighted by atomic mass is 79.9. The molecule has 10 heteroatoms. The van der Waals surface area contributed by atoms with Gasteiger partial charge in [0.2, 0.25) is 10.0 Å². The maximum atomic E-state index is 14.3. The Morgan fingerprint density at radius 2 is 1.82 bits per heavy atom. The summed E-state index contributed by atoms with van der Waals surface area (Å²) in [6.07, 6.45) is 1.76. The average molecular weight is 603 g/mol. The van der Waals surface area contributed by atoms with Crippen molar-refractivity contribution >= 4 is 48.5 Å². The van der Waals surface area contributed by atoms with E-state index in [1.165, 1.54) is 41.7 Å². The number of carbonyl (C=O) groups excluding carboxylic acids is 1. The molecule has 1 fully saturated rings. The molecule has 1 aliphatic rings. The van der Waals surface area contributed by atoms with Crippen LogP contribution in [0.4, 0.5) is 14.5 Å². The Morgan fingerprint density at radius 3 is 2.42 bits per heavy atom. The van der Waals surface area contributed by atoms with E-state index in [1.807, 2.05) is 6.07 Å². The molecule has 38 heavy (non-hydrogen) atoms. The first-order valence-electron chi connectivity index (χ1n) is 12.2. The van der Waals surface area contributed by atoms with Gasteiger partial charge in [0.25, 0.3) is 5.91 Å². The number of anilines is 1. The molecule has 0 spiro atoms. The van der Waals surface area contributed by atoms with Gasteiger partial charge in [-0.2, -0.15) is 0 Å². The molecule has 1 amide bonds. The Balaban J connectivity index is 1.73. The van der Waals surface area contributed by atoms with E-state index < -0.39 is 21.7 Å². The molecule has 1 saturated carbocycles. The molecule has 1 heterocycles. The highest BCUT2D eigenvalue weighted by Crippen LogP contribution is 2.48. The number of nitrogens with zero attached hydrogens (tertiary/aromatic N) is 1. The van der Waals surface area contributed by atoms with Crippen LogP contribution in [0.3, 0.4) is 0 Å². The fourth-order valence-corrected chi connectivity index (χ4v) is 5.90. The molecule has 4 aromatic rings. The summed E-state index contributed by atoms with van der Waals surface area (Å²) in [6.45, 7) is 1.49. The zero-order chi connectivity index (χ0) is 27.2. The highest BCUT2D eigenvalue weighted by molar-refractivity contribution is 9.10. The van der Waals surface area contributed by atoms with Crippen LogP contribution in [-0.2, 0) is 16.6 Å². The van der Waals surface area contributed by atoms with E-state index in [0.29, 0.717) is 33.3 Å². The van der Waals surface area contributed by atoms with E-state index in [1.54, 1.807) is 25.1 Å². The first kappa shape index (κ1) is 26.4. The van der Waals surface area contributed by atoms with Gasteiger partial charge in [-0.15, -0.1) is 0 Å². The summed E-state index contributed by atoms with van der Waals surface area (Å²) in [5.74, 6) is -1.06. The Morgan fingerprint density at radius 1 is 1.11 bits per heavy atom. The van der Waals surface area contributed by atoms with Crippen LogP contribution in [0, 0.1) is 11.6 Å². The molecule has 6 nitrogen and oxygen atoms in total. The summed E-state index contributed by atoms with van der Waals surface area (Å²) >= 11 is 3.14. The van der Waals surface area contributed by atoms with Crippen molar-refractivity contribution in [2.75, 3.05) is 17.1 Å². The third kappa shape index (κ3) is 4.94. The third-order valence-corrected chi connectivity index (χ3v) is 9.06. The maximum Gasteiger partial charge on any atom is 0.255 e. The fourth-order valence-electron chi connectivity index (χ4n) is 4.53. The van der Waals surface area contributed by atoms with E-state index in [9.17, 15) is 22.0 Å². The predicted molar refractivity (Wildman–Crippen MR) is 147 cm³/mol. The van der Waals surface area contributed by atoms with E-state index >= 15 is 0 Å². The number of furan rings is 1. The van der Waals surface area contributed by atoms with Crippen LogP contribution < -0.4 is 9.62 Å². The topological polar surface area (TPSA) is 79.6 Å². The van der Waals surface area contributed by atoms with Crippen LogP contribution in [0.1, 0.15) is 47.2 Å². The van der Waals surface area contributed by atoms with Crippen LogP contribution in [0.2, 0.25) is 0 Å². The van der Waals surface area contributed by atoms with Crippen molar-refractivity contribution in [2.24, 2.45) is 0 Å². The molecule has 0 atom stereocenters. The number of amides is 1. The van der Waals surface area contributed by atoms with E-state index in [2.05, 4.69) is 21.2 Å². The Labute approximate surface area is 227 Å². The summed E-state index contributed by atoms with van der Waals surface area (Å²) in [5.41, 5.74) is 2.83. The molecule has 3 aromatic carbocycles. The maximum absolute atomic E-state index is 14.3. The number of hydrogen-bond acceptors (Lipinski definition) is 4. The quantitative estimate of drug-likeness (QED) is 0.242. The summed E-state index contributed by atoms with van der Waals surface area (Å²) in [4.78, 5) is 13.0. The molecule has 0 bridgehead atoms. The molecule has 1 N–H and O–H groups in total. The number of hydrogen-bond donors (Lipinski definition) is 1. The number of carbonyl (C=O) groups is 1. The van der Waals surface area contributed by atoms with E-state index in [0.717, 1.165) is 18.4 Å². The van der Waals surface area contributed by atoms with Crippen molar-refractivity contribution in [2.45, 2.75) is 32.2 Å². The normalized spacial score (nSPS) is 13.6. The highest BCUT2D eigenvalue weighted by Gasteiger charge is 2.34. The standard InChI is InChI=1S/C28H25BrF2N2O4S/c1-3-38(35,36)33(15-16-4-11-22(29)23(31)12-16)24-14-25-21(13-20(24)17-5-6-17)26(28(34)32-2)27(37-25)18-7-9-19(30)10-8-18/h4,7-14,17H,3,5-6,15H2,1-2H3,(H,32,34). The number of nitrogens with one attached hydrogen (secondary N) is 1. The number of halogens is 3. The van der Waals surface area contributed by atoms with Crippen molar-refractivity contribution in [3.05, 3.63) is 87.4 Å². The summed E-state index contributed by atoms with van der Waals surface area (Å²) in [6, 6.07) is 13.6. The Hall–Kier alpha value is -3.24. The fraction of sp³-hybridized carbons (Fsp3) is 0.250. The summed E-state index contributed by atoms with van der Waals surface area (Å²) in [7, 11) is -2.26. The van der Waals surface area contributed by atoms with Gasteiger partial charge in [0.05, 0.1) is 28.0 Å². The molecule has 1 aromatic heterocycles. The van der Waals surface area contributed by atoms with Crippen LogP contribution in [-0.4, -0.2) is 27.1 Å². The summed E-state index contributed by atoms with van der Waals surface area (Å²) < 4.78 is 62.3. The number of sulfonamides is 1. The number of rotatable bonds is 8. The third-order valence-electron chi connectivity index (χ3n) is 6.69. The average Bonchev–Trinajstić information content (AvgIpc) is 3.69. The molecule has 0 unspecified atom stereocenters. The number of benzene rings is 3. The van der Waals surface area contributed by atoms with Gasteiger partial charge in [-0.05, 0) is 95.2 Å². The largest absolute Gasteiger partial charge is 0.455 e. The van der Waals surface area contributed by atoms with Crippen LogP contribution in [0.25, 0.3) is 22.3 Å². The zero-order valence-corrected chi connectivity index (χ0v) is 23.1. The lowest BCUT2D eigenvalue weighted by Gasteiger charge is -2.26. The SMILES string of the molecule is CCS(=O)(=O)N(Cc1ccc(Br)c(F)c1)c1cc2oc(-c3ccc(F)cc3)c(C(=O)NC)c2cc1C1CC1. The second-order valence-electron chi connectivity index (χ2n) is 9.23. The Bertz CT molecular complexity index is 1650. The van der Waals surface area contributed by atoms with E-state index in [4.69, 9.17) is 4.42 Å². The van der Waals surface area contributed by atoms with Crippen molar-refractivity contribution in [3.8, 4) is 11.3 Å². The van der Waals surface area contributed by atoms with Gasteiger partial charge in [0, 0.05) is 24.1 Å². The lowest BCUT2D eigenvalue weighted by atomic mass is 10.00. The summed E-state index contributed by atoms with van der Waals surface area (Å²) in [5, 5.41) is 3.18. The van der Waals surface area contributed by atoms with Gasteiger partial charge in [-0.25, -0.2) is 17.2 Å². The first-order chi connectivity index (χ1) is 18.1. The van der Waals surface area contributed by atoms with Gasteiger partial charge in [-0.3, -0.25) is 9.10 Å². The van der Waals surface area contributed by atoms with Crippen molar-refractivity contribution < 1.29 is 26.4 Å². The molecule has 1 aliphatic carbocycles. The molecule has 0 radical (unpaired) electrons. The van der Waals surface area contributed by atoms with Gasteiger partial charge >= 0.3 is 0 Å². The minimum Gasteiger partial charge on any atom is -0.455 e. The lowest BCUT2D eigenvalue weighted by Crippen LogP contribution is -2.32. The lowest BCUT2D eigenvalue weighted by molar-refractivity contribution is 0.0964. The van der Waals surface area contributed by atoms with Crippen molar-refractivity contribution in [1.82, 2.24) is 5.32 Å². The molecule has 198 valence electrons. The van der Waals surface area contributed by atoms with Crippen LogP contribution in [0.5, 0.6) is 0 Å². The molecular formula is C28H25BrF2N2O4S. The van der Waals surface area contributed by atoms with Crippen LogP contribution >= 0.6 is 15.9 Å². The minimum atomic E-state index is -3.78. The molecular weight excluding hydrogens is 578 g/mol. The molecule has 0 saturated heterocycles. The van der Waals surface area contributed by atoms with Gasteiger partial charge in [0.1, 0.15) is 23.0 Å². The van der Waals surface area contributed by atoms with E-state index in [-0.39, 0.29) is 34.4 Å². The van der Waals surface area contributed by atoms with Gasteiger partial charge < -0.3 is 9.73 Å². The predicted octanol–water partition coefficient (Wildman–Crippen LogP) is 6.73. The number of fused-ring (bicyclic) bond motifs is 1. The minimum absolute atomic E-state index is 0.0700. The first-order valence-corrected chi connectivity index (χ1v) is 14.6. The Kier molecular flexibility index (Phi) is 7.04. The molecule has 5 rings (SSSR count). The zero-order valence-electron chi connectivity index (χ0n) is 20.7. The van der Waals surface area contributed by atoms with Gasteiger partial charge in [0.15, 0.2) is 0 Å². The monoisotopic (exact) mass is 602 g/mol.